The van der Waals surface area contributed by atoms with E-state index in [1.165, 1.54) is 12.1 Å². The fraction of sp³-hybridized carbons (Fsp3) is 0.292. The van der Waals surface area contributed by atoms with Crippen LogP contribution in [0.25, 0.3) is 11.3 Å². The third-order valence-electron chi connectivity index (χ3n) is 6.01. The van der Waals surface area contributed by atoms with Gasteiger partial charge in [-0.2, -0.15) is 4.98 Å². The highest BCUT2D eigenvalue weighted by molar-refractivity contribution is 7.92. The number of ether oxygens (including phenoxy) is 1. The van der Waals surface area contributed by atoms with E-state index in [2.05, 4.69) is 14.7 Å². The van der Waals surface area contributed by atoms with E-state index in [9.17, 15) is 13.2 Å². The first-order chi connectivity index (χ1) is 15.8. The van der Waals surface area contributed by atoms with Gasteiger partial charge in [-0.15, -0.1) is 0 Å². The topological polar surface area (TPSA) is 101 Å². The largest absolute Gasteiger partial charge is 0.472 e. The number of aromatic nitrogens is 2. The molecule has 6 bridgehead atoms. The maximum absolute atomic E-state index is 13.1. The Bertz CT molecular complexity index is 1340. The maximum Gasteiger partial charge on any atom is 0.264 e. The van der Waals surface area contributed by atoms with Crippen LogP contribution in [0.5, 0.6) is 5.88 Å². The lowest BCUT2D eigenvalue weighted by Crippen LogP contribution is -2.44. The minimum absolute atomic E-state index is 0.0234. The number of benzene rings is 2. The molecule has 9 heteroatoms. The number of fused-ring (bicyclic) bond motifs is 6. The van der Waals surface area contributed by atoms with Crippen LogP contribution in [0, 0.1) is 13.8 Å². The fourth-order valence-corrected chi connectivity index (χ4v) is 5.41. The van der Waals surface area contributed by atoms with Crippen molar-refractivity contribution in [1.82, 2.24) is 14.9 Å². The quantitative estimate of drug-likeness (QED) is 0.591. The molecular weight excluding hydrogens is 440 g/mol. The van der Waals surface area contributed by atoms with Crippen LogP contribution in [0.3, 0.4) is 0 Å². The number of hydrogen-bond acceptors (Lipinski definition) is 6. The van der Waals surface area contributed by atoms with E-state index in [1.54, 1.807) is 23.1 Å². The molecule has 1 fully saturated rings. The summed E-state index contributed by atoms with van der Waals surface area (Å²) in [5.41, 5.74) is 3.81. The Kier molecular flexibility index (Phi) is 5.28. The molecule has 3 heterocycles. The normalized spacial score (nSPS) is 19.4. The molecule has 5 rings (SSSR count). The van der Waals surface area contributed by atoms with Crippen LogP contribution in [0.2, 0.25) is 0 Å². The molecule has 0 spiro atoms. The second-order valence-corrected chi connectivity index (χ2v) is 10.1. The number of aryl methyl sites for hydroxylation is 2. The average molecular weight is 465 g/mol. The lowest BCUT2D eigenvalue weighted by atomic mass is 10.00. The van der Waals surface area contributed by atoms with Gasteiger partial charge in [0.15, 0.2) is 0 Å². The fourth-order valence-electron chi connectivity index (χ4n) is 4.43. The minimum atomic E-state index is -4.02. The van der Waals surface area contributed by atoms with Crippen molar-refractivity contribution in [2.24, 2.45) is 0 Å². The number of piperidine rings is 1. The zero-order chi connectivity index (χ0) is 23.2. The van der Waals surface area contributed by atoms with Crippen LogP contribution in [-0.2, 0) is 10.0 Å². The first kappa shape index (κ1) is 21.4. The summed E-state index contributed by atoms with van der Waals surface area (Å²) < 4.78 is 34.9. The van der Waals surface area contributed by atoms with Gasteiger partial charge >= 0.3 is 0 Å². The smallest absolute Gasteiger partial charge is 0.264 e. The highest BCUT2D eigenvalue weighted by Gasteiger charge is 2.28. The highest BCUT2D eigenvalue weighted by atomic mass is 32.2. The predicted octanol–water partition coefficient (Wildman–Crippen LogP) is 3.56. The van der Waals surface area contributed by atoms with Crippen molar-refractivity contribution in [2.45, 2.75) is 37.7 Å². The number of nitrogens with one attached hydrogen (secondary N) is 1. The van der Waals surface area contributed by atoms with Gasteiger partial charge in [0.05, 0.1) is 17.1 Å². The van der Waals surface area contributed by atoms with Crippen molar-refractivity contribution in [3.05, 3.63) is 65.2 Å². The number of nitrogens with zero attached hydrogens (tertiary/aromatic N) is 3. The molecule has 1 unspecified atom stereocenters. The third-order valence-corrected chi connectivity index (χ3v) is 7.34. The summed E-state index contributed by atoms with van der Waals surface area (Å²) >= 11 is 0. The monoisotopic (exact) mass is 464 g/mol. The van der Waals surface area contributed by atoms with E-state index >= 15 is 0 Å². The summed E-state index contributed by atoms with van der Waals surface area (Å²) in [5, 5.41) is 0. The van der Waals surface area contributed by atoms with Crippen LogP contribution >= 0.6 is 0 Å². The van der Waals surface area contributed by atoms with Gasteiger partial charge in [0.2, 0.25) is 11.8 Å². The van der Waals surface area contributed by atoms with Gasteiger partial charge in [-0.1, -0.05) is 24.3 Å². The van der Waals surface area contributed by atoms with Gasteiger partial charge in [-0.25, -0.2) is 18.1 Å². The number of carbonyl (C=O) groups is 1. The van der Waals surface area contributed by atoms with E-state index in [4.69, 9.17) is 4.74 Å². The Morgan fingerprint density at radius 1 is 1.06 bits per heavy atom. The summed E-state index contributed by atoms with van der Waals surface area (Å²) in [5.74, 6) is -0.0204. The average Bonchev–Trinajstić information content (AvgIpc) is 2.78. The summed E-state index contributed by atoms with van der Waals surface area (Å²) in [4.78, 5) is 23.6. The van der Waals surface area contributed by atoms with Gasteiger partial charge in [0.25, 0.3) is 15.9 Å². The number of anilines is 1. The third kappa shape index (κ3) is 4.16. The molecule has 1 saturated heterocycles. The van der Waals surface area contributed by atoms with Crippen molar-refractivity contribution in [2.75, 3.05) is 17.8 Å². The van der Waals surface area contributed by atoms with Gasteiger partial charge in [0, 0.05) is 23.7 Å². The molecule has 8 nitrogen and oxygen atoms in total. The zero-order valence-corrected chi connectivity index (χ0v) is 19.2. The molecule has 1 atom stereocenters. The summed E-state index contributed by atoms with van der Waals surface area (Å²) in [7, 11) is -4.02. The van der Waals surface area contributed by atoms with E-state index in [0.717, 1.165) is 29.5 Å². The van der Waals surface area contributed by atoms with Crippen molar-refractivity contribution in [3.63, 3.8) is 0 Å². The summed E-state index contributed by atoms with van der Waals surface area (Å²) in [6.07, 6.45) is 1.30. The van der Waals surface area contributed by atoms with Crippen LogP contribution in [0.1, 0.15) is 34.3 Å². The Morgan fingerprint density at radius 2 is 1.82 bits per heavy atom. The van der Waals surface area contributed by atoms with Crippen molar-refractivity contribution in [3.8, 4) is 17.1 Å². The number of sulfonamides is 1. The Morgan fingerprint density at radius 3 is 2.61 bits per heavy atom. The molecule has 2 aliphatic heterocycles. The van der Waals surface area contributed by atoms with E-state index in [1.807, 2.05) is 32.0 Å². The molecule has 0 aliphatic carbocycles. The molecule has 2 aromatic carbocycles. The molecule has 0 radical (unpaired) electrons. The molecule has 1 aromatic heterocycles. The maximum atomic E-state index is 13.1. The molecular formula is C24H24N4O4S. The Labute approximate surface area is 192 Å². The SMILES string of the molecule is Cc1cccc(C)c1-c1cc2nc(n1)NS(=O)(=O)c1cccc(c1)C(=O)N1CCCC(C1)O2. The minimum Gasteiger partial charge on any atom is -0.472 e. The first-order valence-corrected chi connectivity index (χ1v) is 12.3. The van der Waals surface area contributed by atoms with Crippen LogP contribution < -0.4 is 9.46 Å². The van der Waals surface area contributed by atoms with Gasteiger partial charge in [0.1, 0.15) is 6.10 Å². The van der Waals surface area contributed by atoms with Crippen LogP contribution in [0.15, 0.2) is 53.4 Å². The first-order valence-electron chi connectivity index (χ1n) is 10.8. The Balaban J connectivity index is 1.68. The van der Waals surface area contributed by atoms with Gasteiger partial charge in [-0.05, 0) is 56.0 Å². The standard InChI is InChI=1S/C24H24N4O4S/c1-15-6-3-7-16(2)22(15)20-13-21-26-24(25-20)27-33(30,31)19-10-4-8-17(12-19)23(29)28-11-5-9-18(14-28)32-21/h3-4,6-8,10,12-13,18H,5,9,11,14H2,1-2H3,(H,25,26,27). The molecule has 170 valence electrons. The van der Waals surface area contributed by atoms with Gasteiger partial charge < -0.3 is 9.64 Å². The second kappa shape index (κ2) is 8.15. The van der Waals surface area contributed by atoms with Crippen LogP contribution in [-0.4, -0.2) is 48.4 Å². The molecule has 33 heavy (non-hydrogen) atoms. The highest BCUT2D eigenvalue weighted by Crippen LogP contribution is 2.30. The number of rotatable bonds is 1. The molecule has 3 aromatic rings. The van der Waals surface area contributed by atoms with E-state index in [0.29, 0.717) is 24.3 Å². The zero-order valence-electron chi connectivity index (χ0n) is 18.4. The number of hydrogen-bond donors (Lipinski definition) is 1. The van der Waals surface area contributed by atoms with Crippen molar-refractivity contribution < 1.29 is 17.9 Å². The number of amides is 1. The lowest BCUT2D eigenvalue weighted by Gasteiger charge is -2.32. The van der Waals surface area contributed by atoms with Crippen LogP contribution in [0.4, 0.5) is 5.95 Å². The summed E-state index contributed by atoms with van der Waals surface area (Å²) in [6, 6.07) is 13.7. The van der Waals surface area contributed by atoms with E-state index in [-0.39, 0.29) is 28.7 Å². The predicted molar refractivity (Wildman–Crippen MR) is 124 cm³/mol. The number of carbonyl (C=O) groups excluding carboxylic acids is 1. The molecule has 2 aliphatic rings. The molecule has 1 amide bonds. The molecule has 1 N–H and O–H groups in total. The molecule has 0 saturated carbocycles. The second-order valence-electron chi connectivity index (χ2n) is 8.45. The van der Waals surface area contributed by atoms with E-state index < -0.39 is 10.0 Å². The van der Waals surface area contributed by atoms with Crippen molar-refractivity contribution >= 4 is 21.9 Å². The Hall–Kier alpha value is -3.46. The van der Waals surface area contributed by atoms with Gasteiger partial charge in [-0.3, -0.25) is 4.79 Å². The lowest BCUT2D eigenvalue weighted by molar-refractivity contribution is 0.0528. The van der Waals surface area contributed by atoms with Crippen molar-refractivity contribution in [1.29, 1.82) is 0 Å². The summed E-state index contributed by atoms with van der Waals surface area (Å²) in [6.45, 7) is 4.96.